The predicted molar refractivity (Wildman–Crippen MR) is 83.5 cm³/mol. The molecule has 0 aliphatic heterocycles. The van der Waals surface area contributed by atoms with Crippen molar-refractivity contribution in [3.8, 4) is 12.3 Å². The fourth-order valence-corrected chi connectivity index (χ4v) is 2.69. The van der Waals surface area contributed by atoms with Gasteiger partial charge in [-0.1, -0.05) is 17.5 Å². The molecule has 0 spiro atoms. The number of terminal acetylenes is 1. The minimum absolute atomic E-state index is 0.105. The molecule has 1 atom stereocenters. The van der Waals surface area contributed by atoms with Gasteiger partial charge in [-0.15, -0.1) is 6.42 Å². The van der Waals surface area contributed by atoms with Crippen LogP contribution in [-0.2, 0) is 6.54 Å². The molecule has 0 fully saturated rings. The van der Waals surface area contributed by atoms with Crippen LogP contribution in [-0.4, -0.2) is 21.6 Å². The van der Waals surface area contributed by atoms with Crippen molar-refractivity contribution in [3.63, 3.8) is 0 Å². The SMILES string of the molecule is C#CCn1c(C(N)CCSC)nc2cc(Cl)ccc21. The summed E-state index contributed by atoms with van der Waals surface area (Å²) in [5.74, 6) is 4.50. The van der Waals surface area contributed by atoms with E-state index in [-0.39, 0.29) is 6.04 Å². The lowest BCUT2D eigenvalue weighted by Gasteiger charge is -2.12. The van der Waals surface area contributed by atoms with Gasteiger partial charge in [0, 0.05) is 5.02 Å². The van der Waals surface area contributed by atoms with Gasteiger partial charge in [-0.25, -0.2) is 4.98 Å². The molecule has 0 bridgehead atoms. The van der Waals surface area contributed by atoms with Gasteiger partial charge < -0.3 is 10.3 Å². The van der Waals surface area contributed by atoms with E-state index in [0.717, 1.165) is 29.0 Å². The van der Waals surface area contributed by atoms with Gasteiger partial charge in [0.05, 0.1) is 23.6 Å². The van der Waals surface area contributed by atoms with Crippen molar-refractivity contribution in [2.45, 2.75) is 19.0 Å². The molecule has 3 nitrogen and oxygen atoms in total. The van der Waals surface area contributed by atoms with Crippen molar-refractivity contribution >= 4 is 34.4 Å². The average molecular weight is 294 g/mol. The second-order valence-electron chi connectivity index (χ2n) is 4.28. The third-order valence-corrected chi connectivity index (χ3v) is 3.83. The van der Waals surface area contributed by atoms with E-state index in [4.69, 9.17) is 23.8 Å². The van der Waals surface area contributed by atoms with E-state index in [1.807, 2.05) is 22.8 Å². The van der Waals surface area contributed by atoms with Gasteiger partial charge in [0.1, 0.15) is 5.82 Å². The largest absolute Gasteiger partial charge is 0.321 e. The van der Waals surface area contributed by atoms with Crippen molar-refractivity contribution in [2.75, 3.05) is 12.0 Å². The molecule has 1 unspecified atom stereocenters. The quantitative estimate of drug-likeness (QED) is 0.862. The first-order valence-corrected chi connectivity index (χ1v) is 7.78. The van der Waals surface area contributed by atoms with Crippen LogP contribution in [0.15, 0.2) is 18.2 Å². The maximum Gasteiger partial charge on any atom is 0.127 e. The van der Waals surface area contributed by atoms with Crippen LogP contribution in [0.1, 0.15) is 18.3 Å². The highest BCUT2D eigenvalue weighted by molar-refractivity contribution is 7.98. The van der Waals surface area contributed by atoms with Gasteiger partial charge in [-0.3, -0.25) is 0 Å². The molecule has 0 saturated carbocycles. The van der Waals surface area contributed by atoms with E-state index in [1.165, 1.54) is 0 Å². The smallest absolute Gasteiger partial charge is 0.127 e. The first-order valence-electron chi connectivity index (χ1n) is 6.01. The average Bonchev–Trinajstić information content (AvgIpc) is 2.74. The highest BCUT2D eigenvalue weighted by atomic mass is 35.5. The number of halogens is 1. The maximum atomic E-state index is 6.22. The Morgan fingerprint density at radius 3 is 3.05 bits per heavy atom. The lowest BCUT2D eigenvalue weighted by Crippen LogP contribution is -2.17. The van der Waals surface area contributed by atoms with Crippen molar-refractivity contribution in [3.05, 3.63) is 29.0 Å². The summed E-state index contributed by atoms with van der Waals surface area (Å²) in [4.78, 5) is 4.59. The zero-order valence-electron chi connectivity index (χ0n) is 10.8. The molecule has 1 aromatic carbocycles. The topological polar surface area (TPSA) is 43.8 Å². The highest BCUT2D eigenvalue weighted by Crippen LogP contribution is 2.24. The van der Waals surface area contributed by atoms with E-state index in [2.05, 4.69) is 17.2 Å². The summed E-state index contributed by atoms with van der Waals surface area (Å²) in [7, 11) is 0. The van der Waals surface area contributed by atoms with Crippen LogP contribution < -0.4 is 5.73 Å². The molecule has 1 aromatic heterocycles. The first kappa shape index (κ1) is 14.3. The fourth-order valence-electron chi connectivity index (χ4n) is 2.04. The Morgan fingerprint density at radius 2 is 2.37 bits per heavy atom. The zero-order valence-corrected chi connectivity index (χ0v) is 12.3. The lowest BCUT2D eigenvalue weighted by atomic mass is 10.2. The molecule has 0 radical (unpaired) electrons. The van der Waals surface area contributed by atoms with Gasteiger partial charge >= 0.3 is 0 Å². The van der Waals surface area contributed by atoms with Gasteiger partial charge in [-0.2, -0.15) is 11.8 Å². The number of fused-ring (bicyclic) bond motifs is 1. The fraction of sp³-hybridized carbons (Fsp3) is 0.357. The number of hydrogen-bond acceptors (Lipinski definition) is 3. The maximum absolute atomic E-state index is 6.22. The van der Waals surface area contributed by atoms with Crippen LogP contribution in [0.5, 0.6) is 0 Å². The minimum atomic E-state index is -0.105. The number of benzene rings is 1. The molecule has 100 valence electrons. The molecule has 2 rings (SSSR count). The predicted octanol–water partition coefficient (Wildman–Crippen LogP) is 3.08. The second-order valence-corrected chi connectivity index (χ2v) is 5.70. The normalized spacial score (nSPS) is 12.5. The van der Waals surface area contributed by atoms with Gasteiger partial charge in [0.15, 0.2) is 0 Å². The zero-order chi connectivity index (χ0) is 13.8. The Balaban J connectivity index is 2.46. The Bertz CT molecular complexity index is 615. The molecule has 0 aliphatic rings. The molecule has 1 heterocycles. The molecular formula is C14H16ClN3S. The Labute approximate surface area is 122 Å². The third-order valence-electron chi connectivity index (χ3n) is 2.95. The summed E-state index contributed by atoms with van der Waals surface area (Å²) in [6.07, 6.45) is 8.38. The number of rotatable bonds is 5. The van der Waals surface area contributed by atoms with Gasteiger partial charge in [0.25, 0.3) is 0 Å². The van der Waals surface area contributed by atoms with E-state index in [1.54, 1.807) is 11.8 Å². The minimum Gasteiger partial charge on any atom is -0.321 e. The summed E-state index contributed by atoms with van der Waals surface area (Å²) in [5.41, 5.74) is 8.04. The monoisotopic (exact) mass is 293 g/mol. The molecule has 2 aromatic rings. The number of imidazole rings is 1. The highest BCUT2D eigenvalue weighted by Gasteiger charge is 2.16. The van der Waals surface area contributed by atoms with Crippen LogP contribution >= 0.6 is 23.4 Å². The van der Waals surface area contributed by atoms with E-state index < -0.39 is 0 Å². The van der Waals surface area contributed by atoms with Crippen molar-refractivity contribution in [2.24, 2.45) is 5.73 Å². The molecule has 0 saturated heterocycles. The van der Waals surface area contributed by atoms with E-state index >= 15 is 0 Å². The summed E-state index contributed by atoms with van der Waals surface area (Å²) in [6.45, 7) is 0.473. The van der Waals surface area contributed by atoms with Crippen LogP contribution in [0.4, 0.5) is 0 Å². The van der Waals surface area contributed by atoms with Crippen LogP contribution in [0.3, 0.4) is 0 Å². The molecule has 19 heavy (non-hydrogen) atoms. The molecular weight excluding hydrogens is 278 g/mol. The standard InChI is InChI=1S/C14H16ClN3S/c1-3-7-18-13-5-4-10(15)9-12(13)17-14(18)11(16)6-8-19-2/h1,4-5,9,11H,6-8,16H2,2H3. The van der Waals surface area contributed by atoms with Crippen molar-refractivity contribution < 1.29 is 0 Å². The lowest BCUT2D eigenvalue weighted by molar-refractivity contribution is 0.616. The summed E-state index contributed by atoms with van der Waals surface area (Å²) < 4.78 is 2.00. The number of thioether (sulfide) groups is 1. The third kappa shape index (κ3) is 3.06. The Kier molecular flexibility index (Phi) is 4.76. The van der Waals surface area contributed by atoms with Crippen LogP contribution in [0.2, 0.25) is 5.02 Å². The van der Waals surface area contributed by atoms with Crippen molar-refractivity contribution in [1.82, 2.24) is 9.55 Å². The summed E-state index contributed by atoms with van der Waals surface area (Å²) in [5, 5.41) is 0.669. The molecule has 2 N–H and O–H groups in total. The van der Waals surface area contributed by atoms with Crippen LogP contribution in [0.25, 0.3) is 11.0 Å². The number of hydrogen-bond donors (Lipinski definition) is 1. The van der Waals surface area contributed by atoms with E-state index in [9.17, 15) is 0 Å². The van der Waals surface area contributed by atoms with Crippen LogP contribution in [0, 0.1) is 12.3 Å². The second kappa shape index (κ2) is 6.33. The summed E-state index contributed by atoms with van der Waals surface area (Å²) in [6, 6.07) is 5.52. The van der Waals surface area contributed by atoms with Gasteiger partial charge in [-0.05, 0) is 36.6 Å². The van der Waals surface area contributed by atoms with Gasteiger partial charge in [0.2, 0.25) is 0 Å². The number of nitrogens with zero attached hydrogens (tertiary/aromatic N) is 2. The molecule has 0 aliphatic carbocycles. The van der Waals surface area contributed by atoms with Crippen molar-refractivity contribution in [1.29, 1.82) is 0 Å². The number of aromatic nitrogens is 2. The van der Waals surface area contributed by atoms with E-state index in [0.29, 0.717) is 11.6 Å². The molecule has 5 heteroatoms. The molecule has 0 amide bonds. The first-order chi connectivity index (χ1) is 9.17. The Hall–Kier alpha value is -1.15. The Morgan fingerprint density at radius 1 is 1.58 bits per heavy atom. The number of nitrogens with two attached hydrogens (primary N) is 1. The summed E-state index contributed by atoms with van der Waals surface area (Å²) >= 11 is 7.77.